The van der Waals surface area contributed by atoms with E-state index in [1.807, 2.05) is 26.8 Å². The number of hydrogen-bond donors (Lipinski definition) is 3. The Hall–Kier alpha value is -0.770. The van der Waals surface area contributed by atoms with Crippen LogP contribution < -0.4 is 5.32 Å². The lowest BCUT2D eigenvalue weighted by Gasteiger charge is -2.37. The van der Waals surface area contributed by atoms with E-state index < -0.39 is 6.10 Å². The first kappa shape index (κ1) is 20.2. The van der Waals surface area contributed by atoms with Gasteiger partial charge in [-0.2, -0.15) is 0 Å². The molecule has 122 valence electrons. The molecule has 1 rings (SSSR count). The summed E-state index contributed by atoms with van der Waals surface area (Å²) < 4.78 is 0. The molecule has 0 saturated heterocycles. The predicted octanol–water partition coefficient (Wildman–Crippen LogP) is 4.10. The topological polar surface area (TPSA) is 52.5 Å². The van der Waals surface area contributed by atoms with Gasteiger partial charge in [-0.1, -0.05) is 52.3 Å². The molecule has 3 N–H and O–H groups in total. The van der Waals surface area contributed by atoms with Gasteiger partial charge < -0.3 is 15.5 Å². The molecule has 0 aliphatic heterocycles. The van der Waals surface area contributed by atoms with Gasteiger partial charge in [0.1, 0.15) is 5.75 Å². The zero-order valence-corrected chi connectivity index (χ0v) is 14.7. The summed E-state index contributed by atoms with van der Waals surface area (Å²) in [6.45, 7) is 11.5. The SMILES string of the molecule is CC.CCNCC(O)C(CC)(CC)c1ccc(O)c(Cl)c1. The number of halogens is 1. The second kappa shape index (κ2) is 10.0. The zero-order chi connectivity index (χ0) is 16.5. The summed E-state index contributed by atoms with van der Waals surface area (Å²) in [6, 6.07) is 5.21. The third-order valence-corrected chi connectivity index (χ3v) is 4.31. The molecular weight excluding hydrogens is 286 g/mol. The van der Waals surface area contributed by atoms with Crippen molar-refractivity contribution in [3.8, 4) is 5.75 Å². The van der Waals surface area contributed by atoms with Crippen molar-refractivity contribution >= 4 is 11.6 Å². The van der Waals surface area contributed by atoms with E-state index in [2.05, 4.69) is 19.2 Å². The molecule has 1 unspecified atom stereocenters. The number of aromatic hydroxyl groups is 1. The van der Waals surface area contributed by atoms with Crippen LogP contribution in [-0.4, -0.2) is 29.4 Å². The van der Waals surface area contributed by atoms with Gasteiger partial charge in [-0.15, -0.1) is 0 Å². The van der Waals surface area contributed by atoms with Gasteiger partial charge in [-0.05, 0) is 37.1 Å². The number of nitrogens with one attached hydrogen (secondary N) is 1. The number of phenols is 1. The summed E-state index contributed by atoms with van der Waals surface area (Å²) in [6.07, 6.45) is 1.15. The van der Waals surface area contributed by atoms with Crippen LogP contribution in [0.15, 0.2) is 18.2 Å². The molecule has 3 nitrogen and oxygen atoms in total. The van der Waals surface area contributed by atoms with Crippen LogP contribution in [0.5, 0.6) is 5.75 Å². The molecule has 0 bridgehead atoms. The van der Waals surface area contributed by atoms with Crippen LogP contribution in [0, 0.1) is 0 Å². The Morgan fingerprint density at radius 3 is 2.19 bits per heavy atom. The third kappa shape index (κ3) is 4.87. The molecule has 1 aromatic rings. The molecule has 0 amide bonds. The van der Waals surface area contributed by atoms with E-state index in [0.717, 1.165) is 24.9 Å². The predicted molar refractivity (Wildman–Crippen MR) is 91.3 cm³/mol. The van der Waals surface area contributed by atoms with Crippen LogP contribution in [0.2, 0.25) is 5.02 Å². The number of rotatable bonds is 7. The van der Waals surface area contributed by atoms with Gasteiger partial charge in [0.15, 0.2) is 0 Å². The van der Waals surface area contributed by atoms with Gasteiger partial charge in [-0.25, -0.2) is 0 Å². The molecular formula is C17H30ClNO2. The number of aliphatic hydroxyl groups is 1. The lowest BCUT2D eigenvalue weighted by molar-refractivity contribution is 0.0731. The molecule has 4 heteroatoms. The van der Waals surface area contributed by atoms with E-state index in [1.165, 1.54) is 0 Å². The molecule has 0 spiro atoms. The van der Waals surface area contributed by atoms with Crippen molar-refractivity contribution in [2.24, 2.45) is 0 Å². The highest BCUT2D eigenvalue weighted by Crippen LogP contribution is 2.38. The fraction of sp³-hybridized carbons (Fsp3) is 0.647. The maximum atomic E-state index is 10.5. The van der Waals surface area contributed by atoms with Crippen molar-refractivity contribution in [2.75, 3.05) is 13.1 Å². The van der Waals surface area contributed by atoms with Crippen LogP contribution in [0.25, 0.3) is 0 Å². The van der Waals surface area contributed by atoms with Crippen LogP contribution in [0.3, 0.4) is 0 Å². The maximum Gasteiger partial charge on any atom is 0.134 e. The molecule has 0 aliphatic rings. The first-order chi connectivity index (χ1) is 10.0. The van der Waals surface area contributed by atoms with E-state index in [-0.39, 0.29) is 11.2 Å². The maximum absolute atomic E-state index is 10.5. The first-order valence-electron chi connectivity index (χ1n) is 7.89. The van der Waals surface area contributed by atoms with Crippen LogP contribution in [-0.2, 0) is 5.41 Å². The van der Waals surface area contributed by atoms with Crippen molar-refractivity contribution in [3.63, 3.8) is 0 Å². The van der Waals surface area contributed by atoms with Crippen molar-refractivity contribution in [3.05, 3.63) is 28.8 Å². The second-order valence-corrected chi connectivity index (χ2v) is 5.26. The molecule has 0 radical (unpaired) electrons. The molecule has 1 aromatic carbocycles. The normalized spacial score (nSPS) is 12.5. The second-order valence-electron chi connectivity index (χ2n) is 4.85. The Kier molecular flexibility index (Phi) is 9.67. The Morgan fingerprint density at radius 2 is 1.76 bits per heavy atom. The summed E-state index contributed by atoms with van der Waals surface area (Å²) in [5.41, 5.74) is 0.644. The van der Waals surface area contributed by atoms with Crippen molar-refractivity contribution in [2.45, 2.75) is 59.0 Å². The monoisotopic (exact) mass is 315 g/mol. The molecule has 0 fully saturated rings. The molecule has 21 heavy (non-hydrogen) atoms. The number of likely N-dealkylation sites (N-methyl/N-ethyl adjacent to an activating group) is 1. The lowest BCUT2D eigenvalue weighted by Crippen LogP contribution is -2.44. The largest absolute Gasteiger partial charge is 0.506 e. The van der Waals surface area contributed by atoms with Crippen molar-refractivity contribution in [1.82, 2.24) is 5.32 Å². The Bertz CT molecular complexity index is 406. The molecule has 0 aliphatic carbocycles. The standard InChI is InChI=1S/C15H24ClNO2.C2H6/c1-4-15(5-2,14(19)10-17-6-3)11-7-8-13(18)12(16)9-11;1-2/h7-9,14,17-19H,4-6,10H2,1-3H3;1-2H3. The summed E-state index contributed by atoms with van der Waals surface area (Å²) >= 11 is 6.00. The van der Waals surface area contributed by atoms with Gasteiger partial charge in [0.2, 0.25) is 0 Å². The highest BCUT2D eigenvalue weighted by molar-refractivity contribution is 6.32. The Balaban J connectivity index is 0.00000191. The summed E-state index contributed by atoms with van der Waals surface area (Å²) in [5.74, 6) is 0.0766. The summed E-state index contributed by atoms with van der Waals surface area (Å²) in [7, 11) is 0. The quantitative estimate of drug-likeness (QED) is 0.710. The highest BCUT2D eigenvalue weighted by atomic mass is 35.5. The minimum Gasteiger partial charge on any atom is -0.506 e. The fourth-order valence-corrected chi connectivity index (χ4v) is 2.80. The minimum absolute atomic E-state index is 0.0766. The third-order valence-electron chi connectivity index (χ3n) is 4.01. The van der Waals surface area contributed by atoms with Gasteiger partial charge >= 0.3 is 0 Å². The van der Waals surface area contributed by atoms with E-state index in [0.29, 0.717) is 11.6 Å². The van der Waals surface area contributed by atoms with E-state index in [1.54, 1.807) is 12.1 Å². The molecule has 0 saturated carbocycles. The lowest BCUT2D eigenvalue weighted by atomic mass is 9.71. The van der Waals surface area contributed by atoms with Gasteiger partial charge in [0.25, 0.3) is 0 Å². The zero-order valence-electron chi connectivity index (χ0n) is 13.9. The number of hydrogen-bond acceptors (Lipinski definition) is 3. The fourth-order valence-electron chi connectivity index (χ4n) is 2.61. The van der Waals surface area contributed by atoms with Crippen LogP contribution in [0.4, 0.5) is 0 Å². The average Bonchev–Trinajstić information content (AvgIpc) is 2.52. The highest BCUT2D eigenvalue weighted by Gasteiger charge is 2.36. The number of benzene rings is 1. The van der Waals surface area contributed by atoms with Crippen molar-refractivity contribution in [1.29, 1.82) is 0 Å². The van der Waals surface area contributed by atoms with Gasteiger partial charge in [0, 0.05) is 12.0 Å². The minimum atomic E-state index is -0.483. The molecule has 0 aromatic heterocycles. The van der Waals surface area contributed by atoms with Crippen LogP contribution >= 0.6 is 11.6 Å². The number of phenolic OH excluding ortho intramolecular Hbond substituents is 1. The first-order valence-corrected chi connectivity index (χ1v) is 8.27. The van der Waals surface area contributed by atoms with E-state index >= 15 is 0 Å². The number of aliphatic hydroxyl groups excluding tert-OH is 1. The Labute approximate surface area is 134 Å². The Morgan fingerprint density at radius 1 is 1.19 bits per heavy atom. The van der Waals surface area contributed by atoms with E-state index in [4.69, 9.17) is 11.6 Å². The van der Waals surface area contributed by atoms with Gasteiger partial charge in [0.05, 0.1) is 11.1 Å². The average molecular weight is 316 g/mol. The summed E-state index contributed by atoms with van der Waals surface area (Å²) in [5, 5.41) is 23.6. The van der Waals surface area contributed by atoms with Crippen LogP contribution in [0.1, 0.15) is 53.0 Å². The molecule has 0 heterocycles. The van der Waals surface area contributed by atoms with E-state index in [9.17, 15) is 10.2 Å². The summed E-state index contributed by atoms with van der Waals surface area (Å²) in [4.78, 5) is 0. The van der Waals surface area contributed by atoms with Gasteiger partial charge in [-0.3, -0.25) is 0 Å². The smallest absolute Gasteiger partial charge is 0.134 e. The van der Waals surface area contributed by atoms with Crippen molar-refractivity contribution < 1.29 is 10.2 Å². The molecule has 1 atom stereocenters.